The van der Waals surface area contributed by atoms with Gasteiger partial charge in [-0.15, -0.1) is 11.3 Å². The molecule has 14 rings (SSSR count). The number of hydrogen-bond donors (Lipinski definition) is 0. The molecule has 72 heavy (non-hydrogen) atoms. The molecular formula is C70H45NS. The Morgan fingerprint density at radius 1 is 0.236 bits per heavy atom. The normalized spacial score (nSPS) is 11.6. The summed E-state index contributed by atoms with van der Waals surface area (Å²) in [5.74, 6) is 0. The van der Waals surface area contributed by atoms with E-state index < -0.39 is 0 Å². The molecule has 1 heterocycles. The topological polar surface area (TPSA) is 3.24 Å². The highest BCUT2D eigenvalue weighted by Crippen LogP contribution is 2.47. The number of anilines is 3. The van der Waals surface area contributed by atoms with Gasteiger partial charge in [-0.3, -0.25) is 0 Å². The van der Waals surface area contributed by atoms with Crippen LogP contribution in [-0.2, 0) is 0 Å². The van der Waals surface area contributed by atoms with Gasteiger partial charge in [0.05, 0.1) is 0 Å². The summed E-state index contributed by atoms with van der Waals surface area (Å²) < 4.78 is 2.62. The molecule has 0 unspecified atom stereocenters. The van der Waals surface area contributed by atoms with Crippen molar-refractivity contribution < 1.29 is 0 Å². The quantitative estimate of drug-likeness (QED) is 0.137. The van der Waals surface area contributed by atoms with Crippen LogP contribution in [0.15, 0.2) is 273 Å². The maximum Gasteiger partial charge on any atom is 0.0467 e. The molecule has 0 amide bonds. The van der Waals surface area contributed by atoms with Crippen LogP contribution >= 0.6 is 11.3 Å². The van der Waals surface area contributed by atoms with Crippen LogP contribution in [0, 0.1) is 0 Å². The predicted molar refractivity (Wildman–Crippen MR) is 311 cm³/mol. The van der Waals surface area contributed by atoms with Gasteiger partial charge in [0.25, 0.3) is 0 Å². The van der Waals surface area contributed by atoms with Crippen LogP contribution in [0.25, 0.3) is 119 Å². The first kappa shape index (κ1) is 41.9. The molecule has 0 aliphatic carbocycles. The molecule has 2 heteroatoms. The summed E-state index contributed by atoms with van der Waals surface area (Å²) in [6.07, 6.45) is 0. The monoisotopic (exact) mass is 931 g/mol. The van der Waals surface area contributed by atoms with Crippen molar-refractivity contribution in [3.05, 3.63) is 273 Å². The van der Waals surface area contributed by atoms with Crippen molar-refractivity contribution in [3.8, 4) is 55.6 Å². The minimum atomic E-state index is 1.09. The highest BCUT2D eigenvalue weighted by Gasteiger charge is 2.20. The average Bonchev–Trinajstić information content (AvgIpc) is 3.84. The number of rotatable bonds is 8. The van der Waals surface area contributed by atoms with E-state index in [1.54, 1.807) is 0 Å². The largest absolute Gasteiger partial charge is 0.310 e. The van der Waals surface area contributed by atoms with E-state index in [0.717, 1.165) is 22.6 Å². The van der Waals surface area contributed by atoms with E-state index in [2.05, 4.69) is 278 Å². The second-order valence-electron chi connectivity index (χ2n) is 18.7. The molecule has 14 aromatic rings. The first-order valence-electron chi connectivity index (χ1n) is 24.7. The molecule has 0 saturated heterocycles. The van der Waals surface area contributed by atoms with Gasteiger partial charge in [0.15, 0.2) is 0 Å². The zero-order chi connectivity index (χ0) is 47.5. The van der Waals surface area contributed by atoms with E-state index >= 15 is 0 Å². The molecule has 0 radical (unpaired) electrons. The van der Waals surface area contributed by atoms with Gasteiger partial charge >= 0.3 is 0 Å². The summed E-state index contributed by atoms with van der Waals surface area (Å²) in [4.78, 5) is 2.41. The Bertz CT molecular complexity index is 4360. The van der Waals surface area contributed by atoms with Gasteiger partial charge in [-0.25, -0.2) is 0 Å². The van der Waals surface area contributed by atoms with Crippen molar-refractivity contribution in [3.63, 3.8) is 0 Å². The number of nitrogens with zero attached hydrogens (tertiary/aromatic N) is 1. The first-order chi connectivity index (χ1) is 35.7. The number of fused-ring (bicyclic) bond motifs is 9. The standard InChI is InChI=1S/C70H45NS/c1-3-17-48(18-4-1)68-63-29-12-11-26-59(63)61-42-37-50(44-66(61)69(68)49-19-5-2-6-20-49)46-33-38-53(39-34-46)71(55-23-15-22-51(43-55)57-30-16-31-64-62-28-13-14-32-67(62)72-70(57)64)54-40-35-47(36-41-54)65-45-52-21-7-8-24-56(52)58-25-9-10-27-60(58)65/h1-45H. The number of benzene rings is 13. The van der Waals surface area contributed by atoms with E-state index in [4.69, 9.17) is 0 Å². The molecule has 0 aliphatic rings. The maximum absolute atomic E-state index is 2.41. The van der Waals surface area contributed by atoms with E-state index in [0.29, 0.717) is 0 Å². The Hall–Kier alpha value is -9.08. The van der Waals surface area contributed by atoms with Gasteiger partial charge in [0, 0.05) is 37.2 Å². The van der Waals surface area contributed by atoms with Gasteiger partial charge < -0.3 is 4.90 Å². The fourth-order valence-corrected chi connectivity index (χ4v) is 12.5. The van der Waals surface area contributed by atoms with Crippen LogP contribution in [0.2, 0.25) is 0 Å². The summed E-state index contributed by atoms with van der Waals surface area (Å²) in [5, 5.41) is 12.7. The third-order valence-electron chi connectivity index (χ3n) is 14.6. The molecule has 0 bridgehead atoms. The number of hydrogen-bond acceptors (Lipinski definition) is 2. The molecule has 1 nitrogen and oxygen atoms in total. The molecule has 0 fully saturated rings. The lowest BCUT2D eigenvalue weighted by Crippen LogP contribution is -2.10. The van der Waals surface area contributed by atoms with Crippen LogP contribution in [0.3, 0.4) is 0 Å². The van der Waals surface area contributed by atoms with Gasteiger partial charge in [-0.1, -0.05) is 218 Å². The van der Waals surface area contributed by atoms with Gasteiger partial charge in [0.2, 0.25) is 0 Å². The molecule has 0 atom stereocenters. The molecule has 0 aliphatic heterocycles. The SMILES string of the molecule is c1ccc(-c2c(-c3ccccc3)c3cc(-c4ccc(N(c5ccc(-c6cc7ccccc7c7ccccc67)cc5)c5cccc(-c6cccc7c6sc6ccccc67)c5)cc4)ccc3c3ccccc23)cc1. The Morgan fingerprint density at radius 3 is 1.47 bits per heavy atom. The van der Waals surface area contributed by atoms with Crippen LogP contribution < -0.4 is 4.90 Å². The Labute approximate surface area is 422 Å². The predicted octanol–water partition coefficient (Wildman–Crippen LogP) is 20.5. The maximum atomic E-state index is 2.41. The van der Waals surface area contributed by atoms with Crippen molar-refractivity contribution in [2.24, 2.45) is 0 Å². The lowest BCUT2D eigenvalue weighted by molar-refractivity contribution is 1.28. The zero-order valence-electron chi connectivity index (χ0n) is 39.3. The summed E-state index contributed by atoms with van der Waals surface area (Å²) in [7, 11) is 0. The summed E-state index contributed by atoms with van der Waals surface area (Å²) >= 11 is 1.88. The van der Waals surface area contributed by atoms with Crippen LogP contribution in [0.5, 0.6) is 0 Å². The highest BCUT2D eigenvalue weighted by atomic mass is 32.1. The van der Waals surface area contributed by atoms with Crippen molar-refractivity contribution >= 4 is 91.7 Å². The molecule has 336 valence electrons. The van der Waals surface area contributed by atoms with Gasteiger partial charge in [0.1, 0.15) is 0 Å². The Morgan fingerprint density at radius 2 is 0.750 bits per heavy atom. The fraction of sp³-hybridized carbons (Fsp3) is 0. The summed E-state index contributed by atoms with van der Waals surface area (Å²) in [5.41, 5.74) is 15.4. The van der Waals surface area contributed by atoms with E-state index in [-0.39, 0.29) is 0 Å². The average molecular weight is 932 g/mol. The third kappa shape index (κ3) is 7.07. The smallest absolute Gasteiger partial charge is 0.0467 e. The first-order valence-corrected chi connectivity index (χ1v) is 25.5. The fourth-order valence-electron chi connectivity index (χ4n) is 11.3. The lowest BCUT2D eigenvalue weighted by atomic mass is 9.84. The van der Waals surface area contributed by atoms with Crippen molar-refractivity contribution in [1.82, 2.24) is 0 Å². The van der Waals surface area contributed by atoms with Gasteiger partial charge in [-0.05, 0) is 153 Å². The Kier molecular flexibility index (Phi) is 10.1. The van der Waals surface area contributed by atoms with Crippen LogP contribution in [-0.4, -0.2) is 0 Å². The van der Waals surface area contributed by atoms with Gasteiger partial charge in [-0.2, -0.15) is 0 Å². The highest BCUT2D eigenvalue weighted by molar-refractivity contribution is 7.26. The summed E-state index contributed by atoms with van der Waals surface area (Å²) in [6.45, 7) is 0. The van der Waals surface area contributed by atoms with Crippen LogP contribution in [0.1, 0.15) is 0 Å². The van der Waals surface area contributed by atoms with Crippen molar-refractivity contribution in [2.75, 3.05) is 4.90 Å². The number of thiophene rings is 1. The molecule has 13 aromatic carbocycles. The molecular weight excluding hydrogens is 887 g/mol. The minimum absolute atomic E-state index is 1.09. The Balaban J connectivity index is 0.913. The molecule has 0 N–H and O–H groups in total. The van der Waals surface area contributed by atoms with Crippen molar-refractivity contribution in [2.45, 2.75) is 0 Å². The third-order valence-corrected chi connectivity index (χ3v) is 15.9. The van der Waals surface area contributed by atoms with Crippen molar-refractivity contribution in [1.29, 1.82) is 0 Å². The van der Waals surface area contributed by atoms with E-state index in [9.17, 15) is 0 Å². The van der Waals surface area contributed by atoms with Crippen LogP contribution in [0.4, 0.5) is 17.1 Å². The minimum Gasteiger partial charge on any atom is -0.310 e. The molecule has 0 saturated carbocycles. The second kappa shape index (κ2) is 17.4. The zero-order valence-corrected chi connectivity index (χ0v) is 40.2. The summed E-state index contributed by atoms with van der Waals surface area (Å²) in [6, 6.07) is 100. The second-order valence-corrected chi connectivity index (χ2v) is 19.8. The van der Waals surface area contributed by atoms with E-state index in [1.807, 2.05) is 11.3 Å². The lowest BCUT2D eigenvalue weighted by Gasteiger charge is -2.26. The van der Waals surface area contributed by atoms with E-state index in [1.165, 1.54) is 113 Å². The molecule has 1 aromatic heterocycles. The molecule has 0 spiro atoms.